The molecule has 1 atom stereocenters. The van der Waals surface area contributed by atoms with Crippen LogP contribution in [0.2, 0.25) is 0 Å². The summed E-state index contributed by atoms with van der Waals surface area (Å²) >= 11 is 0. The number of ether oxygens (including phenoxy) is 1. The summed E-state index contributed by atoms with van der Waals surface area (Å²) in [7, 11) is 1.87. The lowest BCUT2D eigenvalue weighted by atomic mass is 9.94. The molecule has 2 aliphatic carbocycles. The van der Waals surface area contributed by atoms with Gasteiger partial charge >= 0.3 is 0 Å². The van der Waals surface area contributed by atoms with Crippen molar-refractivity contribution < 1.29 is 4.74 Å². The van der Waals surface area contributed by atoms with Crippen LogP contribution in [0.15, 0.2) is 0 Å². The number of hydrogen-bond acceptors (Lipinski definition) is 3. The molecule has 0 radical (unpaired) electrons. The lowest BCUT2D eigenvalue weighted by molar-refractivity contribution is -0.0222. The van der Waals surface area contributed by atoms with Gasteiger partial charge in [-0.25, -0.2) is 0 Å². The average molecular weight is 194 g/mol. The lowest BCUT2D eigenvalue weighted by Gasteiger charge is -2.32. The molecule has 2 fully saturated rings. The summed E-state index contributed by atoms with van der Waals surface area (Å²) in [4.78, 5) is 0. The summed E-state index contributed by atoms with van der Waals surface area (Å²) < 4.78 is 5.74. The molecule has 0 heterocycles. The molecule has 2 saturated carbocycles. The minimum atomic E-state index is -0.407. The predicted molar refractivity (Wildman–Crippen MR) is 53.7 cm³/mol. The molecule has 3 heteroatoms. The summed E-state index contributed by atoms with van der Waals surface area (Å²) in [6.45, 7) is 0.565. The first-order valence-electron chi connectivity index (χ1n) is 5.52. The van der Waals surface area contributed by atoms with E-state index in [4.69, 9.17) is 4.74 Å². The van der Waals surface area contributed by atoms with Gasteiger partial charge in [-0.3, -0.25) is 0 Å². The highest BCUT2D eigenvalue weighted by Gasteiger charge is 2.45. The van der Waals surface area contributed by atoms with Crippen molar-refractivity contribution in [3.8, 4) is 6.07 Å². The molecule has 0 aromatic carbocycles. The topological polar surface area (TPSA) is 45.0 Å². The Bertz CT molecular complexity index is 240. The Labute approximate surface area is 85.4 Å². The summed E-state index contributed by atoms with van der Waals surface area (Å²) in [6, 6.07) is 2.39. The second-order valence-corrected chi connectivity index (χ2v) is 4.47. The largest absolute Gasteiger partial charge is 0.375 e. The first-order valence-corrected chi connectivity index (χ1v) is 5.52. The Balaban J connectivity index is 1.86. The Morgan fingerprint density at radius 1 is 1.43 bits per heavy atom. The van der Waals surface area contributed by atoms with Gasteiger partial charge in [-0.05, 0) is 45.1 Å². The van der Waals surface area contributed by atoms with Gasteiger partial charge in [-0.15, -0.1) is 0 Å². The van der Waals surface area contributed by atoms with E-state index in [1.165, 1.54) is 32.1 Å². The second kappa shape index (κ2) is 3.88. The van der Waals surface area contributed by atoms with E-state index < -0.39 is 5.54 Å². The predicted octanol–water partition coefficient (Wildman–Crippen LogP) is 1.45. The molecule has 0 aliphatic heterocycles. The highest BCUT2D eigenvalue weighted by atomic mass is 16.5. The second-order valence-electron chi connectivity index (χ2n) is 4.47. The summed E-state index contributed by atoms with van der Waals surface area (Å²) in [6.07, 6.45) is 6.40. The van der Waals surface area contributed by atoms with Crippen molar-refractivity contribution in [3.05, 3.63) is 0 Å². The van der Waals surface area contributed by atoms with Gasteiger partial charge in [0, 0.05) is 0 Å². The maximum absolute atomic E-state index is 9.20. The number of nitriles is 1. The van der Waals surface area contributed by atoms with Gasteiger partial charge in [0.25, 0.3) is 0 Å². The average Bonchev–Trinajstić information content (AvgIpc) is 2.94. The fourth-order valence-electron chi connectivity index (χ4n) is 1.94. The molecular weight excluding hydrogens is 176 g/mol. The van der Waals surface area contributed by atoms with Crippen LogP contribution in [-0.4, -0.2) is 25.3 Å². The first kappa shape index (κ1) is 9.95. The van der Waals surface area contributed by atoms with E-state index in [-0.39, 0.29) is 0 Å². The maximum atomic E-state index is 9.20. The van der Waals surface area contributed by atoms with Crippen molar-refractivity contribution in [2.24, 2.45) is 5.92 Å². The van der Waals surface area contributed by atoms with Crippen LogP contribution in [0.1, 0.15) is 32.1 Å². The Morgan fingerprint density at radius 3 is 2.50 bits per heavy atom. The van der Waals surface area contributed by atoms with E-state index in [0.717, 1.165) is 0 Å². The van der Waals surface area contributed by atoms with Crippen LogP contribution in [0.4, 0.5) is 0 Å². The van der Waals surface area contributed by atoms with Crippen LogP contribution in [-0.2, 0) is 4.74 Å². The summed E-state index contributed by atoms with van der Waals surface area (Å²) in [5, 5.41) is 12.3. The lowest BCUT2D eigenvalue weighted by Crippen LogP contribution is -2.49. The zero-order valence-electron chi connectivity index (χ0n) is 8.75. The van der Waals surface area contributed by atoms with E-state index in [1.807, 2.05) is 7.05 Å². The molecule has 78 valence electrons. The van der Waals surface area contributed by atoms with Crippen LogP contribution in [0, 0.1) is 17.2 Å². The third-order valence-electron chi connectivity index (χ3n) is 3.52. The standard InChI is InChI=1S/C11H18N2O/c1-13-11(7-12,9-5-6-9)8-14-10-3-2-4-10/h9-10,13H,2-6,8H2,1H3. The Hall–Kier alpha value is -0.590. The van der Waals surface area contributed by atoms with Crippen molar-refractivity contribution in [1.29, 1.82) is 5.26 Å². The highest BCUT2D eigenvalue weighted by Crippen LogP contribution is 2.40. The molecule has 0 spiro atoms. The monoisotopic (exact) mass is 194 g/mol. The van der Waals surface area contributed by atoms with Crippen molar-refractivity contribution in [2.75, 3.05) is 13.7 Å². The molecule has 3 nitrogen and oxygen atoms in total. The van der Waals surface area contributed by atoms with Gasteiger partial charge in [0.05, 0.1) is 18.8 Å². The number of nitrogens with one attached hydrogen (secondary N) is 1. The minimum Gasteiger partial charge on any atom is -0.375 e. The third-order valence-corrected chi connectivity index (χ3v) is 3.52. The molecule has 0 amide bonds. The van der Waals surface area contributed by atoms with Crippen molar-refractivity contribution >= 4 is 0 Å². The number of nitrogens with zero attached hydrogens (tertiary/aromatic N) is 1. The van der Waals surface area contributed by atoms with Crippen LogP contribution in [0.3, 0.4) is 0 Å². The molecule has 0 aromatic rings. The fourth-order valence-corrected chi connectivity index (χ4v) is 1.94. The van der Waals surface area contributed by atoms with Gasteiger partial charge in [0.1, 0.15) is 5.54 Å². The summed E-state index contributed by atoms with van der Waals surface area (Å²) in [5.74, 6) is 0.512. The van der Waals surface area contributed by atoms with Crippen molar-refractivity contribution in [2.45, 2.75) is 43.7 Å². The molecule has 1 unspecified atom stereocenters. The van der Waals surface area contributed by atoms with Gasteiger partial charge < -0.3 is 10.1 Å². The van der Waals surface area contributed by atoms with Gasteiger partial charge in [0.2, 0.25) is 0 Å². The molecule has 2 aliphatic rings. The van der Waals surface area contributed by atoms with Crippen molar-refractivity contribution in [1.82, 2.24) is 5.32 Å². The van der Waals surface area contributed by atoms with Crippen LogP contribution in [0.5, 0.6) is 0 Å². The normalized spacial score (nSPS) is 26.3. The highest BCUT2D eigenvalue weighted by molar-refractivity contribution is 5.15. The smallest absolute Gasteiger partial charge is 0.132 e. The molecule has 1 N–H and O–H groups in total. The third kappa shape index (κ3) is 1.77. The van der Waals surface area contributed by atoms with E-state index in [1.54, 1.807) is 0 Å². The molecule has 14 heavy (non-hydrogen) atoms. The van der Waals surface area contributed by atoms with E-state index in [2.05, 4.69) is 11.4 Å². The Kier molecular flexibility index (Phi) is 2.76. The van der Waals surface area contributed by atoms with Crippen LogP contribution >= 0.6 is 0 Å². The van der Waals surface area contributed by atoms with Gasteiger partial charge in [-0.2, -0.15) is 5.26 Å². The summed E-state index contributed by atoms with van der Waals surface area (Å²) in [5.41, 5.74) is -0.407. The maximum Gasteiger partial charge on any atom is 0.132 e. The quantitative estimate of drug-likeness (QED) is 0.720. The van der Waals surface area contributed by atoms with E-state index >= 15 is 0 Å². The van der Waals surface area contributed by atoms with Crippen LogP contribution < -0.4 is 5.32 Å². The molecule has 0 saturated heterocycles. The zero-order valence-corrected chi connectivity index (χ0v) is 8.75. The molecule has 0 aromatic heterocycles. The van der Waals surface area contributed by atoms with Gasteiger partial charge in [-0.1, -0.05) is 0 Å². The molecular formula is C11H18N2O. The zero-order chi connectivity index (χ0) is 10.0. The number of likely N-dealkylation sites (N-methyl/N-ethyl adjacent to an activating group) is 1. The molecule has 2 rings (SSSR count). The van der Waals surface area contributed by atoms with E-state index in [0.29, 0.717) is 18.6 Å². The SMILES string of the molecule is CNC(C#N)(COC1CCC1)C1CC1. The molecule has 0 bridgehead atoms. The van der Waals surface area contributed by atoms with E-state index in [9.17, 15) is 5.26 Å². The number of hydrogen-bond donors (Lipinski definition) is 1. The fraction of sp³-hybridized carbons (Fsp3) is 0.909. The van der Waals surface area contributed by atoms with Crippen molar-refractivity contribution in [3.63, 3.8) is 0 Å². The first-order chi connectivity index (χ1) is 6.80. The number of rotatable bonds is 5. The van der Waals surface area contributed by atoms with Crippen LogP contribution in [0.25, 0.3) is 0 Å². The Morgan fingerprint density at radius 2 is 2.14 bits per heavy atom. The minimum absolute atomic E-state index is 0.407. The van der Waals surface area contributed by atoms with Gasteiger partial charge in [0.15, 0.2) is 0 Å².